The van der Waals surface area contributed by atoms with Gasteiger partial charge >= 0.3 is 0 Å². The van der Waals surface area contributed by atoms with Crippen molar-refractivity contribution in [2.45, 2.75) is 38.6 Å². The van der Waals surface area contributed by atoms with Gasteiger partial charge in [-0.1, -0.05) is 0 Å². The highest BCUT2D eigenvalue weighted by Crippen LogP contribution is 2.02. The molecule has 0 saturated carbocycles. The Morgan fingerprint density at radius 2 is 1.85 bits per heavy atom. The normalized spacial score (nSPS) is 11.8. The molecule has 0 aliphatic carbocycles. The number of rotatable bonds is 11. The minimum atomic E-state index is -0.465. The van der Waals surface area contributed by atoms with Gasteiger partial charge in [-0.3, -0.25) is 14.4 Å². The van der Waals surface area contributed by atoms with E-state index in [0.717, 1.165) is 5.75 Å². The van der Waals surface area contributed by atoms with E-state index in [4.69, 9.17) is 5.11 Å². The lowest BCUT2D eigenvalue weighted by molar-refractivity contribution is -0.128. The van der Waals surface area contributed by atoms with Crippen molar-refractivity contribution in [3.8, 4) is 0 Å². The van der Waals surface area contributed by atoms with Gasteiger partial charge in [0.1, 0.15) is 0 Å². The summed E-state index contributed by atoms with van der Waals surface area (Å²) in [7, 11) is 0. The maximum atomic E-state index is 11.7. The first kappa shape index (κ1) is 18.9. The average Bonchev–Trinajstić information content (AvgIpc) is 2.41. The Bertz CT molecular complexity index is 323. The van der Waals surface area contributed by atoms with Crippen molar-refractivity contribution >= 4 is 29.4 Å². The van der Waals surface area contributed by atoms with Crippen LogP contribution in [0, 0.1) is 0 Å². The Morgan fingerprint density at radius 1 is 1.20 bits per heavy atom. The molecule has 20 heavy (non-hydrogen) atoms. The molecule has 0 aromatic rings. The summed E-state index contributed by atoms with van der Waals surface area (Å²) in [6.45, 7) is 1.88. The van der Waals surface area contributed by atoms with Crippen molar-refractivity contribution in [3.05, 3.63) is 0 Å². The first-order valence-corrected chi connectivity index (χ1v) is 8.07. The number of carbonyl (C=O) groups is 3. The fraction of sp³-hybridized carbons (Fsp3) is 0.769. The van der Waals surface area contributed by atoms with Crippen molar-refractivity contribution < 1.29 is 19.5 Å². The number of ketones is 1. The summed E-state index contributed by atoms with van der Waals surface area (Å²) < 4.78 is 0. The van der Waals surface area contributed by atoms with Crippen molar-refractivity contribution in [3.63, 3.8) is 0 Å². The van der Waals surface area contributed by atoms with Crippen molar-refractivity contribution in [2.75, 3.05) is 25.2 Å². The van der Waals surface area contributed by atoms with Crippen LogP contribution in [0.2, 0.25) is 0 Å². The number of aliphatic hydroxyl groups excluding tert-OH is 1. The van der Waals surface area contributed by atoms with Gasteiger partial charge in [-0.05, 0) is 31.8 Å². The summed E-state index contributed by atoms with van der Waals surface area (Å²) >= 11 is 1.62. The summed E-state index contributed by atoms with van der Waals surface area (Å²) in [6, 6.07) is -0.465. The van der Waals surface area contributed by atoms with Crippen LogP contribution in [0.5, 0.6) is 0 Å². The minimum Gasteiger partial charge on any atom is -0.396 e. The highest BCUT2D eigenvalue weighted by atomic mass is 32.2. The molecule has 0 fully saturated rings. The van der Waals surface area contributed by atoms with Gasteiger partial charge in [0.15, 0.2) is 5.78 Å². The van der Waals surface area contributed by atoms with E-state index in [9.17, 15) is 14.4 Å². The second-order valence-corrected chi connectivity index (χ2v) is 5.42. The van der Waals surface area contributed by atoms with Gasteiger partial charge < -0.3 is 15.7 Å². The molecule has 0 bridgehead atoms. The number of carbonyl (C=O) groups excluding carboxylic acids is 3. The first-order valence-electron chi connectivity index (χ1n) is 6.67. The van der Waals surface area contributed by atoms with Gasteiger partial charge in [0.25, 0.3) is 0 Å². The summed E-state index contributed by atoms with van der Waals surface area (Å²) in [5, 5.41) is 13.8. The van der Waals surface area contributed by atoms with E-state index in [0.29, 0.717) is 19.4 Å². The first-order chi connectivity index (χ1) is 9.51. The second kappa shape index (κ2) is 11.7. The predicted molar refractivity (Wildman–Crippen MR) is 79.6 cm³/mol. The van der Waals surface area contributed by atoms with Crippen LogP contribution in [-0.4, -0.2) is 53.9 Å². The Morgan fingerprint density at radius 3 is 2.40 bits per heavy atom. The summed E-state index contributed by atoms with van der Waals surface area (Å²) in [4.78, 5) is 34.4. The maximum absolute atomic E-state index is 11.7. The molecular weight excluding hydrogens is 280 g/mol. The number of aliphatic hydroxyl groups is 1. The van der Waals surface area contributed by atoms with Gasteiger partial charge in [-0.15, -0.1) is 0 Å². The molecule has 0 saturated heterocycles. The largest absolute Gasteiger partial charge is 0.396 e. The Balaban J connectivity index is 3.95. The van der Waals surface area contributed by atoms with Crippen LogP contribution in [-0.2, 0) is 14.4 Å². The van der Waals surface area contributed by atoms with Crippen molar-refractivity contribution in [2.24, 2.45) is 0 Å². The molecule has 0 heterocycles. The molecule has 0 aromatic carbocycles. The summed E-state index contributed by atoms with van der Waals surface area (Å²) in [6.07, 6.45) is 3.19. The molecule has 116 valence electrons. The van der Waals surface area contributed by atoms with E-state index in [-0.39, 0.29) is 37.0 Å². The molecular formula is C13H24N2O4S. The third kappa shape index (κ3) is 9.80. The highest BCUT2D eigenvalue weighted by molar-refractivity contribution is 7.98. The standard InChI is InChI=1S/C13H24N2O4S/c1-10(17)11(6-9-20-2)15-13(19)5-4-12(18)14-7-3-8-16/h11,16H,3-9H2,1-2H3,(H,14,18)(H,15,19)/t11-/m0/s1. The molecule has 2 amide bonds. The predicted octanol–water partition coefficient (Wildman–Crippen LogP) is 0.0921. The highest BCUT2D eigenvalue weighted by Gasteiger charge is 2.16. The van der Waals surface area contributed by atoms with Gasteiger partial charge in [0.2, 0.25) is 11.8 Å². The Hall–Kier alpha value is -1.08. The molecule has 0 unspecified atom stereocenters. The zero-order valence-electron chi connectivity index (χ0n) is 12.1. The molecule has 0 radical (unpaired) electrons. The molecule has 6 nitrogen and oxygen atoms in total. The number of nitrogens with one attached hydrogen (secondary N) is 2. The molecule has 1 atom stereocenters. The summed E-state index contributed by atoms with van der Waals surface area (Å²) in [5.74, 6) is 0.215. The number of Topliss-reactive ketones (excluding diaryl/α,β-unsaturated/α-hetero) is 1. The molecule has 0 aliphatic heterocycles. The SMILES string of the molecule is CSCC[C@H](NC(=O)CCC(=O)NCCCO)C(C)=O. The quantitative estimate of drug-likeness (QED) is 0.470. The zero-order chi connectivity index (χ0) is 15.4. The fourth-order valence-corrected chi connectivity index (χ4v) is 1.97. The van der Waals surface area contributed by atoms with Crippen LogP contribution < -0.4 is 10.6 Å². The molecule has 0 rings (SSSR count). The Labute approximate surface area is 124 Å². The van der Waals surface area contributed by atoms with E-state index in [1.165, 1.54) is 6.92 Å². The lowest BCUT2D eigenvalue weighted by Gasteiger charge is -2.15. The topological polar surface area (TPSA) is 95.5 Å². The summed E-state index contributed by atoms with van der Waals surface area (Å²) in [5.41, 5.74) is 0. The fourth-order valence-electron chi connectivity index (χ4n) is 1.50. The second-order valence-electron chi connectivity index (χ2n) is 4.44. The molecule has 7 heteroatoms. The van der Waals surface area contributed by atoms with Crippen LogP contribution in [0.25, 0.3) is 0 Å². The molecule has 0 aromatic heterocycles. The van der Waals surface area contributed by atoms with Gasteiger partial charge in [-0.25, -0.2) is 0 Å². The third-order valence-electron chi connectivity index (χ3n) is 2.67. The zero-order valence-corrected chi connectivity index (χ0v) is 12.9. The van der Waals surface area contributed by atoms with Crippen LogP contribution in [0.4, 0.5) is 0 Å². The molecule has 3 N–H and O–H groups in total. The maximum Gasteiger partial charge on any atom is 0.221 e. The van der Waals surface area contributed by atoms with Gasteiger partial charge in [-0.2, -0.15) is 11.8 Å². The van der Waals surface area contributed by atoms with Crippen LogP contribution in [0.3, 0.4) is 0 Å². The van der Waals surface area contributed by atoms with Crippen molar-refractivity contribution in [1.29, 1.82) is 0 Å². The van der Waals surface area contributed by atoms with E-state index < -0.39 is 6.04 Å². The Kier molecular flexibility index (Phi) is 11.1. The number of thioether (sulfide) groups is 1. The van der Waals surface area contributed by atoms with Gasteiger partial charge in [0, 0.05) is 26.0 Å². The number of hydrogen-bond donors (Lipinski definition) is 3. The molecule has 0 spiro atoms. The third-order valence-corrected chi connectivity index (χ3v) is 3.32. The van der Waals surface area contributed by atoms with E-state index in [1.807, 2.05) is 6.26 Å². The number of amides is 2. The monoisotopic (exact) mass is 304 g/mol. The minimum absolute atomic E-state index is 0.0243. The smallest absolute Gasteiger partial charge is 0.221 e. The van der Waals surface area contributed by atoms with E-state index >= 15 is 0 Å². The molecule has 0 aliphatic rings. The van der Waals surface area contributed by atoms with E-state index in [1.54, 1.807) is 11.8 Å². The van der Waals surface area contributed by atoms with Crippen molar-refractivity contribution in [1.82, 2.24) is 10.6 Å². The van der Waals surface area contributed by atoms with Crippen LogP contribution >= 0.6 is 11.8 Å². The van der Waals surface area contributed by atoms with Crippen LogP contribution in [0.15, 0.2) is 0 Å². The lowest BCUT2D eigenvalue weighted by Crippen LogP contribution is -2.40. The lowest BCUT2D eigenvalue weighted by atomic mass is 10.1. The van der Waals surface area contributed by atoms with Gasteiger partial charge in [0.05, 0.1) is 6.04 Å². The van der Waals surface area contributed by atoms with Crippen LogP contribution in [0.1, 0.15) is 32.6 Å². The number of hydrogen-bond acceptors (Lipinski definition) is 5. The average molecular weight is 304 g/mol. The van der Waals surface area contributed by atoms with E-state index in [2.05, 4.69) is 10.6 Å².